The van der Waals surface area contributed by atoms with Gasteiger partial charge in [-0.05, 0) is 37.1 Å². The number of hydrogen-bond acceptors (Lipinski definition) is 3. The minimum atomic E-state index is -3.22. The van der Waals surface area contributed by atoms with Crippen LogP contribution in [-0.4, -0.2) is 26.8 Å². The highest BCUT2D eigenvalue weighted by Crippen LogP contribution is 2.17. The summed E-state index contributed by atoms with van der Waals surface area (Å²) in [6, 6.07) is 7.15. The smallest absolute Gasteiger partial charge is 0.179 e. The zero-order valence-electron chi connectivity index (χ0n) is 12.3. The minimum Gasteiger partial charge on any atom is -0.313 e. The predicted octanol–water partition coefficient (Wildman–Crippen LogP) is 2.79. The molecule has 0 radical (unpaired) electrons. The summed E-state index contributed by atoms with van der Waals surface area (Å²) in [5.41, 5.74) is 0.976. The molecule has 1 aromatic carbocycles. The third-order valence-corrected chi connectivity index (χ3v) is 5.31. The normalized spacial score (nSPS) is 15.2. The molecule has 2 atom stereocenters. The van der Waals surface area contributed by atoms with Gasteiger partial charge >= 0.3 is 0 Å². The third kappa shape index (κ3) is 4.62. The maximum Gasteiger partial charge on any atom is 0.179 e. The Balaban J connectivity index is 2.94. The Morgan fingerprint density at radius 3 is 2.47 bits per heavy atom. The molecular formula is C15H25NO2S. The average molecular weight is 283 g/mol. The summed E-state index contributed by atoms with van der Waals surface area (Å²) in [7, 11) is -3.22. The molecule has 0 amide bonds. The van der Waals surface area contributed by atoms with Gasteiger partial charge in [0.15, 0.2) is 9.84 Å². The first kappa shape index (κ1) is 16.2. The molecule has 108 valence electrons. The maximum atomic E-state index is 12.5. The standard InChI is InChI=1S/C15H25NO2S/c1-5-13(4)15(16-6-2)11-19(17,18)14-9-7-8-12(3)10-14/h7-10,13,15-16H,5-6,11H2,1-4H3. The van der Waals surface area contributed by atoms with E-state index in [0.717, 1.165) is 18.5 Å². The Morgan fingerprint density at radius 2 is 1.95 bits per heavy atom. The van der Waals surface area contributed by atoms with Crippen molar-refractivity contribution in [3.05, 3.63) is 29.8 Å². The van der Waals surface area contributed by atoms with Crippen LogP contribution in [0.5, 0.6) is 0 Å². The van der Waals surface area contributed by atoms with E-state index in [9.17, 15) is 8.42 Å². The Kier molecular flexibility index (Phi) is 6.01. The van der Waals surface area contributed by atoms with Gasteiger partial charge in [-0.2, -0.15) is 0 Å². The van der Waals surface area contributed by atoms with Gasteiger partial charge in [0, 0.05) is 6.04 Å². The summed E-state index contributed by atoms with van der Waals surface area (Å²) in [4.78, 5) is 0.429. The van der Waals surface area contributed by atoms with Crippen molar-refractivity contribution >= 4 is 9.84 Å². The fraction of sp³-hybridized carbons (Fsp3) is 0.600. The van der Waals surface area contributed by atoms with Gasteiger partial charge in [-0.25, -0.2) is 8.42 Å². The van der Waals surface area contributed by atoms with Crippen LogP contribution >= 0.6 is 0 Å². The second-order valence-electron chi connectivity index (χ2n) is 5.15. The minimum absolute atomic E-state index is 0.0144. The van der Waals surface area contributed by atoms with Gasteiger partial charge in [-0.3, -0.25) is 0 Å². The summed E-state index contributed by atoms with van der Waals surface area (Å²) in [6.07, 6.45) is 0.973. The van der Waals surface area contributed by atoms with Crippen LogP contribution in [-0.2, 0) is 9.84 Å². The quantitative estimate of drug-likeness (QED) is 0.837. The van der Waals surface area contributed by atoms with Gasteiger partial charge < -0.3 is 5.32 Å². The third-order valence-electron chi connectivity index (χ3n) is 3.54. The van der Waals surface area contributed by atoms with Crippen LogP contribution in [0.1, 0.15) is 32.8 Å². The summed E-state index contributed by atoms with van der Waals surface area (Å²) in [5, 5.41) is 3.29. The first-order valence-corrected chi connectivity index (χ1v) is 8.58. The van der Waals surface area contributed by atoms with Crippen LogP contribution in [0.4, 0.5) is 0 Å². The number of sulfone groups is 1. The van der Waals surface area contributed by atoms with Crippen molar-refractivity contribution < 1.29 is 8.42 Å². The number of aryl methyl sites for hydroxylation is 1. The van der Waals surface area contributed by atoms with Crippen LogP contribution < -0.4 is 5.32 Å². The van der Waals surface area contributed by atoms with E-state index in [1.54, 1.807) is 18.2 Å². The molecule has 0 saturated heterocycles. The molecule has 1 N–H and O–H groups in total. The molecule has 19 heavy (non-hydrogen) atoms. The fourth-order valence-electron chi connectivity index (χ4n) is 2.11. The number of nitrogens with one attached hydrogen (secondary N) is 1. The van der Waals surface area contributed by atoms with Crippen molar-refractivity contribution in [2.75, 3.05) is 12.3 Å². The molecule has 1 aromatic rings. The van der Waals surface area contributed by atoms with Gasteiger partial charge in [0.2, 0.25) is 0 Å². The topological polar surface area (TPSA) is 46.2 Å². The summed E-state index contributed by atoms with van der Waals surface area (Å²) in [6.45, 7) is 8.90. The Hall–Kier alpha value is -0.870. The van der Waals surface area contributed by atoms with E-state index in [0.29, 0.717) is 10.8 Å². The van der Waals surface area contributed by atoms with Gasteiger partial charge in [0.1, 0.15) is 0 Å². The number of rotatable bonds is 7. The van der Waals surface area contributed by atoms with Crippen molar-refractivity contribution in [3.63, 3.8) is 0 Å². The molecule has 0 aliphatic carbocycles. The Labute approximate surface area is 117 Å². The molecule has 1 rings (SSSR count). The lowest BCUT2D eigenvalue weighted by Crippen LogP contribution is -2.40. The summed E-state index contributed by atoms with van der Waals surface area (Å²) < 4.78 is 24.9. The second kappa shape index (κ2) is 7.06. The molecule has 0 spiro atoms. The van der Waals surface area contributed by atoms with Crippen molar-refractivity contribution in [3.8, 4) is 0 Å². The lowest BCUT2D eigenvalue weighted by molar-refractivity contribution is 0.398. The molecule has 0 heterocycles. The monoisotopic (exact) mass is 283 g/mol. The zero-order chi connectivity index (χ0) is 14.5. The zero-order valence-corrected chi connectivity index (χ0v) is 13.1. The SMILES string of the molecule is CCNC(CS(=O)(=O)c1cccc(C)c1)C(C)CC. The first-order valence-electron chi connectivity index (χ1n) is 6.93. The molecular weight excluding hydrogens is 258 g/mol. The Morgan fingerprint density at radius 1 is 1.26 bits per heavy atom. The lowest BCUT2D eigenvalue weighted by atomic mass is 10.0. The molecule has 0 saturated carbocycles. The highest BCUT2D eigenvalue weighted by molar-refractivity contribution is 7.91. The molecule has 4 heteroatoms. The first-order chi connectivity index (χ1) is 8.90. The van der Waals surface area contributed by atoms with Crippen molar-refractivity contribution in [2.45, 2.75) is 45.1 Å². The second-order valence-corrected chi connectivity index (χ2v) is 7.18. The van der Waals surface area contributed by atoms with Crippen molar-refractivity contribution in [2.24, 2.45) is 5.92 Å². The highest BCUT2D eigenvalue weighted by atomic mass is 32.2. The van der Waals surface area contributed by atoms with Crippen molar-refractivity contribution in [1.29, 1.82) is 0 Å². The van der Waals surface area contributed by atoms with Gasteiger partial charge in [-0.1, -0.05) is 39.3 Å². The van der Waals surface area contributed by atoms with E-state index in [-0.39, 0.29) is 11.8 Å². The largest absolute Gasteiger partial charge is 0.313 e. The molecule has 0 aliphatic rings. The molecule has 0 fully saturated rings. The number of hydrogen-bond donors (Lipinski definition) is 1. The fourth-order valence-corrected chi connectivity index (χ4v) is 3.88. The molecule has 0 aromatic heterocycles. The van der Waals surface area contributed by atoms with E-state index in [1.165, 1.54) is 0 Å². The van der Waals surface area contributed by atoms with Crippen LogP contribution in [0.25, 0.3) is 0 Å². The molecule has 2 unspecified atom stereocenters. The van der Waals surface area contributed by atoms with E-state index in [4.69, 9.17) is 0 Å². The van der Waals surface area contributed by atoms with Crippen LogP contribution in [0, 0.1) is 12.8 Å². The molecule has 3 nitrogen and oxygen atoms in total. The Bertz CT molecular complexity index is 497. The highest BCUT2D eigenvalue weighted by Gasteiger charge is 2.24. The van der Waals surface area contributed by atoms with E-state index < -0.39 is 9.84 Å². The lowest BCUT2D eigenvalue weighted by Gasteiger charge is -2.23. The summed E-state index contributed by atoms with van der Waals surface area (Å²) in [5.74, 6) is 0.513. The van der Waals surface area contributed by atoms with Gasteiger partial charge in [0.25, 0.3) is 0 Å². The van der Waals surface area contributed by atoms with Crippen LogP contribution in [0.3, 0.4) is 0 Å². The summed E-state index contributed by atoms with van der Waals surface area (Å²) >= 11 is 0. The van der Waals surface area contributed by atoms with Gasteiger partial charge in [-0.15, -0.1) is 0 Å². The maximum absolute atomic E-state index is 12.5. The molecule has 0 aliphatic heterocycles. The van der Waals surface area contributed by atoms with Crippen LogP contribution in [0.2, 0.25) is 0 Å². The van der Waals surface area contributed by atoms with E-state index >= 15 is 0 Å². The van der Waals surface area contributed by atoms with E-state index in [1.807, 2.05) is 19.9 Å². The van der Waals surface area contributed by atoms with Crippen molar-refractivity contribution in [1.82, 2.24) is 5.32 Å². The van der Waals surface area contributed by atoms with Gasteiger partial charge in [0.05, 0.1) is 10.6 Å². The van der Waals surface area contributed by atoms with E-state index in [2.05, 4.69) is 19.2 Å². The molecule has 0 bridgehead atoms. The predicted molar refractivity (Wildman–Crippen MR) is 80.2 cm³/mol. The number of benzene rings is 1. The average Bonchev–Trinajstić information content (AvgIpc) is 2.37. The van der Waals surface area contributed by atoms with Crippen LogP contribution in [0.15, 0.2) is 29.2 Å².